The molecular formula is C20H14N4. The second-order valence-corrected chi connectivity index (χ2v) is 6.95. The lowest BCUT2D eigenvalue weighted by Crippen LogP contribution is -2.55. The van der Waals surface area contributed by atoms with Gasteiger partial charge in [0, 0.05) is 17.8 Å². The van der Waals surface area contributed by atoms with E-state index in [0.29, 0.717) is 11.8 Å². The van der Waals surface area contributed by atoms with E-state index in [4.69, 9.17) is 0 Å². The first-order valence-electron chi connectivity index (χ1n) is 8.12. The summed E-state index contributed by atoms with van der Waals surface area (Å²) in [6.07, 6.45) is 4.49. The second-order valence-electron chi connectivity index (χ2n) is 6.95. The lowest BCUT2D eigenvalue weighted by atomic mass is 9.45. The molecule has 0 amide bonds. The summed E-state index contributed by atoms with van der Waals surface area (Å²) in [6, 6.07) is 16.3. The number of rotatable bonds is 1. The number of benzene rings is 1. The van der Waals surface area contributed by atoms with E-state index in [0.717, 1.165) is 12.8 Å². The molecule has 0 aliphatic heterocycles. The van der Waals surface area contributed by atoms with Gasteiger partial charge in [0.1, 0.15) is 0 Å². The fourth-order valence-electron chi connectivity index (χ4n) is 4.88. The molecule has 114 valence electrons. The molecular weight excluding hydrogens is 296 g/mol. The summed E-state index contributed by atoms with van der Waals surface area (Å²) in [5.41, 5.74) is 0.914. The minimum absolute atomic E-state index is 0.264. The molecule has 4 rings (SSSR count). The van der Waals surface area contributed by atoms with Crippen LogP contribution in [0.5, 0.6) is 0 Å². The van der Waals surface area contributed by atoms with Crippen LogP contribution in [0.3, 0.4) is 0 Å². The van der Waals surface area contributed by atoms with Crippen molar-refractivity contribution in [3.8, 4) is 24.3 Å². The van der Waals surface area contributed by atoms with Crippen LogP contribution in [-0.2, 0) is 0 Å². The highest BCUT2D eigenvalue weighted by molar-refractivity contribution is 5.54. The topological polar surface area (TPSA) is 95.2 Å². The van der Waals surface area contributed by atoms with Gasteiger partial charge in [0.25, 0.3) is 0 Å². The molecule has 0 saturated heterocycles. The third-order valence-corrected chi connectivity index (χ3v) is 6.18. The zero-order valence-corrected chi connectivity index (χ0v) is 13.0. The Morgan fingerprint density at radius 3 is 1.88 bits per heavy atom. The van der Waals surface area contributed by atoms with Crippen molar-refractivity contribution >= 4 is 0 Å². The predicted molar refractivity (Wildman–Crippen MR) is 84.7 cm³/mol. The van der Waals surface area contributed by atoms with Gasteiger partial charge in [-0.25, -0.2) is 0 Å². The normalized spacial score (nSPS) is 30.0. The third kappa shape index (κ3) is 1.44. The molecule has 2 saturated carbocycles. The van der Waals surface area contributed by atoms with Crippen LogP contribution in [-0.4, -0.2) is 0 Å². The molecule has 1 aromatic rings. The highest BCUT2D eigenvalue weighted by atomic mass is 14.7. The van der Waals surface area contributed by atoms with E-state index < -0.39 is 10.8 Å². The minimum Gasteiger partial charge on any atom is -0.196 e. The maximum Gasteiger partial charge on any atom is 0.181 e. The van der Waals surface area contributed by atoms with E-state index in [2.05, 4.69) is 12.1 Å². The van der Waals surface area contributed by atoms with Crippen molar-refractivity contribution in [2.45, 2.75) is 31.1 Å². The second kappa shape index (κ2) is 4.71. The molecule has 4 heteroatoms. The molecule has 24 heavy (non-hydrogen) atoms. The van der Waals surface area contributed by atoms with Gasteiger partial charge >= 0.3 is 0 Å². The van der Waals surface area contributed by atoms with Gasteiger partial charge in [-0.2, -0.15) is 21.0 Å². The summed E-state index contributed by atoms with van der Waals surface area (Å²) >= 11 is 0. The zero-order valence-electron chi connectivity index (χ0n) is 13.0. The largest absolute Gasteiger partial charge is 0.196 e. The third-order valence-electron chi connectivity index (χ3n) is 6.18. The Balaban J connectivity index is 1.75. The molecule has 2 bridgehead atoms. The first kappa shape index (κ1) is 14.5. The highest BCUT2D eigenvalue weighted by Gasteiger charge is 2.68. The molecule has 3 atom stereocenters. The van der Waals surface area contributed by atoms with Crippen LogP contribution >= 0.6 is 0 Å². The monoisotopic (exact) mass is 310 g/mol. The van der Waals surface area contributed by atoms with Crippen molar-refractivity contribution in [1.29, 1.82) is 21.0 Å². The van der Waals surface area contributed by atoms with E-state index in [-0.39, 0.29) is 12.3 Å². The minimum atomic E-state index is -1.56. The standard InChI is InChI=1S/C20H14N4/c21-9-19(10-22)8-13(20(19,11-23)12-24)7-18-16-5-6-17(18)15-4-2-1-3-14(15)16/h1-4,7,13,16-17H,5-6,8H2/t13-,16+,17+/m1/s1. The molecule has 0 heterocycles. The summed E-state index contributed by atoms with van der Waals surface area (Å²) in [7, 11) is 0. The van der Waals surface area contributed by atoms with Gasteiger partial charge in [-0.1, -0.05) is 35.9 Å². The molecule has 0 spiro atoms. The summed E-state index contributed by atoms with van der Waals surface area (Å²) < 4.78 is 0. The summed E-state index contributed by atoms with van der Waals surface area (Å²) in [6.45, 7) is 0. The van der Waals surface area contributed by atoms with Crippen LogP contribution in [0.25, 0.3) is 0 Å². The van der Waals surface area contributed by atoms with Crippen molar-refractivity contribution in [3.05, 3.63) is 47.0 Å². The van der Waals surface area contributed by atoms with Crippen molar-refractivity contribution in [1.82, 2.24) is 0 Å². The smallest absolute Gasteiger partial charge is 0.181 e. The molecule has 0 aromatic heterocycles. The first-order chi connectivity index (χ1) is 11.7. The first-order valence-corrected chi connectivity index (χ1v) is 8.12. The van der Waals surface area contributed by atoms with E-state index >= 15 is 0 Å². The summed E-state index contributed by atoms with van der Waals surface area (Å²) in [5.74, 6) is 0.375. The van der Waals surface area contributed by atoms with Crippen LogP contribution in [0.4, 0.5) is 0 Å². The molecule has 3 aliphatic carbocycles. The van der Waals surface area contributed by atoms with Crippen LogP contribution in [0.2, 0.25) is 0 Å². The van der Waals surface area contributed by atoms with E-state index in [1.807, 2.05) is 42.5 Å². The SMILES string of the molecule is N#CC1(C#N)C[C@@H](C=C2[C@H]3CC[C@H]2c2ccccc23)C1(C#N)C#N. The Morgan fingerprint density at radius 2 is 1.42 bits per heavy atom. The quantitative estimate of drug-likeness (QED) is 0.739. The molecule has 4 nitrogen and oxygen atoms in total. The fourth-order valence-corrected chi connectivity index (χ4v) is 4.88. The number of nitrogens with zero attached hydrogens (tertiary/aromatic N) is 4. The van der Waals surface area contributed by atoms with Gasteiger partial charge in [0.15, 0.2) is 10.8 Å². The van der Waals surface area contributed by atoms with Crippen molar-refractivity contribution < 1.29 is 0 Å². The van der Waals surface area contributed by atoms with Gasteiger partial charge < -0.3 is 0 Å². The van der Waals surface area contributed by atoms with Crippen LogP contribution in [0, 0.1) is 62.1 Å². The van der Waals surface area contributed by atoms with E-state index in [1.54, 1.807) is 0 Å². The fraction of sp³-hybridized carbons (Fsp3) is 0.400. The Labute approximate surface area is 140 Å². The Morgan fingerprint density at radius 1 is 0.875 bits per heavy atom. The van der Waals surface area contributed by atoms with Crippen LogP contribution in [0.1, 0.15) is 42.2 Å². The molecule has 1 aromatic carbocycles. The zero-order chi connectivity index (χ0) is 16.9. The summed E-state index contributed by atoms with van der Waals surface area (Å²) in [5, 5.41) is 37.9. The Kier molecular flexibility index (Phi) is 2.85. The maximum atomic E-state index is 9.60. The number of fused-ring (bicyclic) bond motifs is 5. The number of hydrogen-bond donors (Lipinski definition) is 0. The number of nitriles is 4. The van der Waals surface area contributed by atoms with Gasteiger partial charge in [0.05, 0.1) is 24.3 Å². The number of allylic oxidation sites excluding steroid dienone is 2. The number of hydrogen-bond acceptors (Lipinski definition) is 4. The van der Waals surface area contributed by atoms with Gasteiger partial charge in [-0.3, -0.25) is 0 Å². The van der Waals surface area contributed by atoms with E-state index in [1.165, 1.54) is 16.7 Å². The predicted octanol–water partition coefficient (Wildman–Crippen LogP) is 3.67. The van der Waals surface area contributed by atoms with Gasteiger partial charge in [0.2, 0.25) is 0 Å². The average molecular weight is 310 g/mol. The van der Waals surface area contributed by atoms with Gasteiger partial charge in [-0.05, 0) is 30.4 Å². The van der Waals surface area contributed by atoms with E-state index in [9.17, 15) is 21.0 Å². The van der Waals surface area contributed by atoms with Gasteiger partial charge in [-0.15, -0.1) is 0 Å². The highest BCUT2D eigenvalue weighted by Crippen LogP contribution is 2.63. The van der Waals surface area contributed by atoms with Crippen LogP contribution < -0.4 is 0 Å². The molecule has 2 fully saturated rings. The van der Waals surface area contributed by atoms with Crippen molar-refractivity contribution in [3.63, 3.8) is 0 Å². The molecule has 0 radical (unpaired) electrons. The Hall–Kier alpha value is -3.08. The molecule has 0 unspecified atom stereocenters. The van der Waals surface area contributed by atoms with Crippen molar-refractivity contribution in [2.24, 2.45) is 16.7 Å². The Bertz CT molecular complexity index is 867. The average Bonchev–Trinajstić information content (AvgIpc) is 3.15. The summed E-state index contributed by atoms with van der Waals surface area (Å²) in [4.78, 5) is 0. The molecule has 0 N–H and O–H groups in total. The lowest BCUT2D eigenvalue weighted by Gasteiger charge is -2.47. The maximum absolute atomic E-state index is 9.60. The lowest BCUT2D eigenvalue weighted by molar-refractivity contribution is 0.0703. The van der Waals surface area contributed by atoms with Crippen molar-refractivity contribution in [2.75, 3.05) is 0 Å². The molecule has 3 aliphatic rings. The van der Waals surface area contributed by atoms with Crippen LogP contribution in [0.15, 0.2) is 35.9 Å².